The van der Waals surface area contributed by atoms with Crippen LogP contribution in [0.4, 0.5) is 4.79 Å². The number of ether oxygens (including phenoxy) is 1. The average Bonchev–Trinajstić information content (AvgIpc) is 3.05. The standard InChI is InChI=1S/C24H13BrCl3NO4S/c25-17-10-13(4-9-20(17)33-23(31)14-5-7-15(26)8-6-14)11-21-22(30)29(24(32)34-21)12-16-18(27)2-1-3-19(16)28/h1-11H,12H2/b21-11-. The summed E-state index contributed by atoms with van der Waals surface area (Å²) >= 11 is 22.4. The molecule has 172 valence electrons. The van der Waals surface area contributed by atoms with Crippen LogP contribution in [-0.4, -0.2) is 22.0 Å². The Morgan fingerprint density at radius 2 is 1.68 bits per heavy atom. The van der Waals surface area contributed by atoms with Crippen LogP contribution in [0.1, 0.15) is 21.5 Å². The lowest BCUT2D eigenvalue weighted by atomic mass is 10.2. The van der Waals surface area contributed by atoms with Crippen molar-refractivity contribution in [1.29, 1.82) is 0 Å². The van der Waals surface area contributed by atoms with Crippen molar-refractivity contribution in [1.82, 2.24) is 4.90 Å². The van der Waals surface area contributed by atoms with Gasteiger partial charge < -0.3 is 4.74 Å². The number of thioether (sulfide) groups is 1. The second-order valence-corrected chi connectivity index (χ2v) is 10.2. The Morgan fingerprint density at radius 1 is 1.00 bits per heavy atom. The third kappa shape index (κ3) is 5.50. The van der Waals surface area contributed by atoms with Crippen LogP contribution in [-0.2, 0) is 11.3 Å². The molecule has 4 rings (SSSR count). The third-order valence-electron chi connectivity index (χ3n) is 4.79. The van der Waals surface area contributed by atoms with E-state index in [1.54, 1.807) is 66.7 Å². The highest BCUT2D eigenvalue weighted by Gasteiger charge is 2.35. The van der Waals surface area contributed by atoms with Crippen molar-refractivity contribution in [3.05, 3.63) is 102 Å². The first kappa shape index (κ1) is 24.8. The molecular weight excluding hydrogens is 585 g/mol. The van der Waals surface area contributed by atoms with E-state index < -0.39 is 17.1 Å². The molecule has 1 aliphatic heterocycles. The monoisotopic (exact) mass is 595 g/mol. The summed E-state index contributed by atoms with van der Waals surface area (Å²) in [4.78, 5) is 39.0. The van der Waals surface area contributed by atoms with E-state index in [0.717, 1.165) is 16.7 Å². The van der Waals surface area contributed by atoms with E-state index in [9.17, 15) is 14.4 Å². The summed E-state index contributed by atoms with van der Waals surface area (Å²) in [7, 11) is 0. The second-order valence-electron chi connectivity index (χ2n) is 7.05. The highest BCUT2D eigenvalue weighted by Crippen LogP contribution is 2.36. The molecule has 0 unspecified atom stereocenters. The fourth-order valence-corrected chi connectivity index (χ4v) is 5.02. The predicted octanol–water partition coefficient (Wildman–Crippen LogP) is 7.87. The SMILES string of the molecule is O=C(Oc1ccc(/C=C2\SC(=O)N(Cc3c(Cl)cccc3Cl)C2=O)cc1Br)c1ccc(Cl)cc1. The maximum absolute atomic E-state index is 12.9. The lowest BCUT2D eigenvalue weighted by Crippen LogP contribution is -2.27. The zero-order valence-electron chi connectivity index (χ0n) is 17.1. The predicted molar refractivity (Wildman–Crippen MR) is 139 cm³/mol. The van der Waals surface area contributed by atoms with Gasteiger partial charge in [-0.15, -0.1) is 0 Å². The number of amides is 2. The highest BCUT2D eigenvalue weighted by atomic mass is 79.9. The van der Waals surface area contributed by atoms with Crippen molar-refractivity contribution in [3.63, 3.8) is 0 Å². The van der Waals surface area contributed by atoms with Gasteiger partial charge in [-0.25, -0.2) is 4.79 Å². The number of hydrogen-bond donors (Lipinski definition) is 0. The number of carbonyl (C=O) groups excluding carboxylic acids is 3. The summed E-state index contributed by atoms with van der Waals surface area (Å²) in [5, 5.41) is 0.854. The molecule has 0 atom stereocenters. The van der Waals surface area contributed by atoms with Crippen LogP contribution in [0.5, 0.6) is 5.75 Å². The first-order valence-corrected chi connectivity index (χ1v) is 12.4. The Bertz CT molecular complexity index is 1320. The van der Waals surface area contributed by atoms with E-state index >= 15 is 0 Å². The van der Waals surface area contributed by atoms with Gasteiger partial charge in [-0.1, -0.05) is 46.9 Å². The summed E-state index contributed by atoms with van der Waals surface area (Å²) in [6.45, 7) is -0.0240. The van der Waals surface area contributed by atoms with E-state index in [1.165, 1.54) is 0 Å². The summed E-state index contributed by atoms with van der Waals surface area (Å²) in [5.41, 5.74) is 1.50. The molecule has 0 saturated carbocycles. The zero-order valence-corrected chi connectivity index (χ0v) is 21.7. The summed E-state index contributed by atoms with van der Waals surface area (Å²) in [5.74, 6) is -0.677. The Labute approximate surface area is 222 Å². The number of benzene rings is 3. The van der Waals surface area contributed by atoms with Crippen molar-refractivity contribution in [2.45, 2.75) is 6.54 Å². The second kappa shape index (κ2) is 10.5. The van der Waals surface area contributed by atoms with Gasteiger partial charge in [0.15, 0.2) is 0 Å². The maximum atomic E-state index is 12.9. The molecule has 34 heavy (non-hydrogen) atoms. The number of carbonyl (C=O) groups is 3. The van der Waals surface area contributed by atoms with Gasteiger partial charge in [-0.2, -0.15) is 0 Å². The fraction of sp³-hybridized carbons (Fsp3) is 0.0417. The molecule has 10 heteroatoms. The Balaban J connectivity index is 1.50. The molecule has 1 heterocycles. The van der Waals surface area contributed by atoms with Crippen molar-refractivity contribution < 1.29 is 19.1 Å². The van der Waals surface area contributed by atoms with Gasteiger partial charge in [-0.3, -0.25) is 14.5 Å². The smallest absolute Gasteiger partial charge is 0.343 e. The van der Waals surface area contributed by atoms with E-state index in [4.69, 9.17) is 39.5 Å². The number of imide groups is 1. The van der Waals surface area contributed by atoms with Gasteiger partial charge in [0.1, 0.15) is 5.75 Å². The van der Waals surface area contributed by atoms with E-state index in [1.807, 2.05) is 0 Å². The molecule has 2 amide bonds. The van der Waals surface area contributed by atoms with Crippen LogP contribution in [0.3, 0.4) is 0 Å². The molecule has 1 fully saturated rings. The van der Waals surface area contributed by atoms with E-state index in [0.29, 0.717) is 42.0 Å². The number of nitrogens with zero attached hydrogens (tertiary/aromatic N) is 1. The number of hydrogen-bond acceptors (Lipinski definition) is 5. The van der Waals surface area contributed by atoms with Gasteiger partial charge in [0.25, 0.3) is 11.1 Å². The first-order valence-electron chi connectivity index (χ1n) is 9.68. The minimum absolute atomic E-state index is 0.0240. The number of halogens is 4. The van der Waals surface area contributed by atoms with Crippen LogP contribution in [0.25, 0.3) is 6.08 Å². The lowest BCUT2D eigenvalue weighted by Gasteiger charge is -2.14. The van der Waals surface area contributed by atoms with Gasteiger partial charge >= 0.3 is 5.97 Å². The largest absolute Gasteiger partial charge is 0.422 e. The van der Waals surface area contributed by atoms with Crippen LogP contribution < -0.4 is 4.74 Å². The van der Waals surface area contributed by atoms with E-state index in [-0.39, 0.29) is 11.4 Å². The van der Waals surface area contributed by atoms with Crippen molar-refractivity contribution >= 4 is 85.7 Å². The topological polar surface area (TPSA) is 63.7 Å². The lowest BCUT2D eigenvalue weighted by molar-refractivity contribution is -0.123. The van der Waals surface area contributed by atoms with E-state index in [2.05, 4.69) is 15.9 Å². The Hall–Kier alpha value is -2.29. The molecule has 3 aromatic rings. The molecule has 1 saturated heterocycles. The quantitative estimate of drug-likeness (QED) is 0.170. The molecule has 0 aliphatic carbocycles. The molecule has 1 aliphatic rings. The van der Waals surface area contributed by atoms with Crippen molar-refractivity contribution in [2.75, 3.05) is 0 Å². The van der Waals surface area contributed by atoms with Crippen molar-refractivity contribution in [3.8, 4) is 5.75 Å². The molecule has 0 spiro atoms. The number of rotatable bonds is 5. The van der Waals surface area contributed by atoms with Gasteiger partial charge in [0.2, 0.25) is 0 Å². The molecule has 3 aromatic carbocycles. The summed E-state index contributed by atoms with van der Waals surface area (Å²) < 4.78 is 5.94. The van der Waals surface area contributed by atoms with Crippen LogP contribution in [0.2, 0.25) is 15.1 Å². The normalized spacial score (nSPS) is 14.7. The number of esters is 1. The van der Waals surface area contributed by atoms with Crippen LogP contribution >= 0.6 is 62.5 Å². The van der Waals surface area contributed by atoms with Crippen LogP contribution in [0.15, 0.2) is 70.0 Å². The Kier molecular flexibility index (Phi) is 7.70. The van der Waals surface area contributed by atoms with Crippen LogP contribution in [0, 0.1) is 0 Å². The molecule has 5 nitrogen and oxygen atoms in total. The molecule has 0 bridgehead atoms. The molecular formula is C24H13BrCl3NO4S. The summed E-state index contributed by atoms with van der Waals surface area (Å²) in [6.07, 6.45) is 1.59. The first-order chi connectivity index (χ1) is 16.2. The fourth-order valence-electron chi connectivity index (χ4n) is 3.06. The summed E-state index contributed by atoms with van der Waals surface area (Å²) in [6, 6.07) is 16.3. The molecule has 0 radical (unpaired) electrons. The van der Waals surface area contributed by atoms with Gasteiger partial charge in [0, 0.05) is 20.6 Å². The van der Waals surface area contributed by atoms with Gasteiger partial charge in [0.05, 0.1) is 21.5 Å². The average molecular weight is 598 g/mol. The third-order valence-corrected chi connectivity index (χ3v) is 7.28. The Morgan fingerprint density at radius 3 is 2.32 bits per heavy atom. The van der Waals surface area contributed by atoms with Crippen molar-refractivity contribution in [2.24, 2.45) is 0 Å². The maximum Gasteiger partial charge on any atom is 0.343 e. The van der Waals surface area contributed by atoms with Gasteiger partial charge in [-0.05, 0) is 87.9 Å². The minimum atomic E-state index is -0.538. The highest BCUT2D eigenvalue weighted by molar-refractivity contribution is 9.10. The zero-order chi connectivity index (χ0) is 24.4. The molecule has 0 N–H and O–H groups in total. The minimum Gasteiger partial charge on any atom is -0.422 e. The molecule has 0 aromatic heterocycles.